The lowest BCUT2D eigenvalue weighted by atomic mass is 10.0. The second kappa shape index (κ2) is 13.2. The summed E-state index contributed by atoms with van der Waals surface area (Å²) in [5, 5.41) is 14.8. The number of benzene rings is 1. The van der Waals surface area contributed by atoms with Gasteiger partial charge in [0.05, 0.1) is 6.04 Å². The Morgan fingerprint density at radius 2 is 1.69 bits per heavy atom. The summed E-state index contributed by atoms with van der Waals surface area (Å²) in [6, 6.07) is 6.48. The number of nitrogens with one attached hydrogen (secondary N) is 2. The Kier molecular flexibility index (Phi) is 11.4. The van der Waals surface area contributed by atoms with Crippen LogP contribution in [0.4, 0.5) is 0 Å². The van der Waals surface area contributed by atoms with E-state index < -0.39 is 35.9 Å². The number of carboxylic acid groups (broad SMARTS) is 1. The third-order valence-corrected chi connectivity index (χ3v) is 5.28. The van der Waals surface area contributed by atoms with E-state index in [1.165, 1.54) is 0 Å². The van der Waals surface area contributed by atoms with Crippen LogP contribution in [0.1, 0.15) is 39.2 Å². The summed E-state index contributed by atoms with van der Waals surface area (Å²) >= 11 is 1.70. The molecule has 3 atom stereocenters. The second-order valence-electron chi connectivity index (χ2n) is 7.37. The van der Waals surface area contributed by atoms with Crippen LogP contribution in [0.5, 0.6) is 0 Å². The molecule has 0 heterocycles. The predicted molar refractivity (Wildman–Crippen MR) is 117 cm³/mol. The molecule has 29 heavy (non-hydrogen) atoms. The highest BCUT2D eigenvalue weighted by molar-refractivity contribution is 7.99. The van der Waals surface area contributed by atoms with Gasteiger partial charge in [-0.05, 0) is 35.8 Å². The van der Waals surface area contributed by atoms with Crippen LogP contribution < -0.4 is 16.4 Å². The van der Waals surface area contributed by atoms with Crippen molar-refractivity contribution in [1.82, 2.24) is 10.6 Å². The second-order valence-corrected chi connectivity index (χ2v) is 8.77. The van der Waals surface area contributed by atoms with Gasteiger partial charge in [-0.15, -0.1) is 0 Å². The fourth-order valence-corrected chi connectivity index (χ4v) is 3.50. The molecule has 8 heteroatoms. The van der Waals surface area contributed by atoms with Crippen molar-refractivity contribution in [2.45, 2.75) is 58.2 Å². The third kappa shape index (κ3) is 9.80. The molecule has 0 saturated carbocycles. The molecule has 0 aromatic heterocycles. The van der Waals surface area contributed by atoms with E-state index in [1.54, 1.807) is 11.8 Å². The highest BCUT2D eigenvalue weighted by Gasteiger charge is 2.28. The molecule has 0 bridgehead atoms. The summed E-state index contributed by atoms with van der Waals surface area (Å²) in [5.74, 6) is -0.168. The average Bonchev–Trinajstić information content (AvgIpc) is 2.67. The number of rotatable bonds is 13. The van der Waals surface area contributed by atoms with Crippen molar-refractivity contribution < 1.29 is 19.5 Å². The number of carboxylic acids is 1. The largest absolute Gasteiger partial charge is 0.480 e. The van der Waals surface area contributed by atoms with Gasteiger partial charge in [-0.1, -0.05) is 51.1 Å². The van der Waals surface area contributed by atoms with Crippen molar-refractivity contribution in [2.75, 3.05) is 11.5 Å². The minimum atomic E-state index is -1.12. The molecule has 0 aliphatic heterocycles. The van der Waals surface area contributed by atoms with E-state index in [4.69, 9.17) is 5.73 Å². The summed E-state index contributed by atoms with van der Waals surface area (Å²) in [7, 11) is 0. The zero-order chi connectivity index (χ0) is 21.8. The van der Waals surface area contributed by atoms with Crippen LogP contribution in [0.25, 0.3) is 0 Å². The molecule has 0 unspecified atom stereocenters. The van der Waals surface area contributed by atoms with Crippen molar-refractivity contribution in [2.24, 2.45) is 11.7 Å². The van der Waals surface area contributed by atoms with Crippen molar-refractivity contribution in [1.29, 1.82) is 0 Å². The lowest BCUT2D eigenvalue weighted by molar-refractivity contribution is -0.142. The summed E-state index contributed by atoms with van der Waals surface area (Å²) in [5.41, 5.74) is 6.74. The van der Waals surface area contributed by atoms with Gasteiger partial charge in [0.1, 0.15) is 12.1 Å². The molecule has 7 nitrogen and oxygen atoms in total. The smallest absolute Gasteiger partial charge is 0.326 e. The molecule has 0 aliphatic rings. The molecule has 162 valence electrons. The first-order valence-corrected chi connectivity index (χ1v) is 11.1. The highest BCUT2D eigenvalue weighted by atomic mass is 32.2. The highest BCUT2D eigenvalue weighted by Crippen LogP contribution is 2.09. The molecular weight excluding hydrogens is 390 g/mol. The van der Waals surface area contributed by atoms with Crippen molar-refractivity contribution in [3.8, 4) is 0 Å². The summed E-state index contributed by atoms with van der Waals surface area (Å²) in [4.78, 5) is 36.8. The number of nitrogens with two attached hydrogens (primary N) is 1. The molecule has 0 saturated heterocycles. The molecule has 0 spiro atoms. The van der Waals surface area contributed by atoms with Gasteiger partial charge < -0.3 is 21.5 Å². The number of carbonyl (C=O) groups excluding carboxylic acids is 2. The first-order chi connectivity index (χ1) is 13.7. The van der Waals surface area contributed by atoms with Crippen LogP contribution in [0, 0.1) is 5.92 Å². The van der Waals surface area contributed by atoms with Gasteiger partial charge in [0.15, 0.2) is 0 Å². The fraction of sp³-hybridized carbons (Fsp3) is 0.571. The van der Waals surface area contributed by atoms with Crippen molar-refractivity contribution >= 4 is 29.5 Å². The zero-order valence-corrected chi connectivity index (χ0v) is 18.2. The van der Waals surface area contributed by atoms with E-state index in [2.05, 4.69) is 10.6 Å². The first-order valence-electron chi connectivity index (χ1n) is 9.95. The zero-order valence-electron chi connectivity index (χ0n) is 17.4. The molecule has 1 aromatic rings. The number of hydrogen-bond donors (Lipinski definition) is 4. The molecule has 0 fully saturated rings. The van der Waals surface area contributed by atoms with Crippen LogP contribution in [0.15, 0.2) is 30.3 Å². The Labute approximate surface area is 177 Å². The topological polar surface area (TPSA) is 122 Å². The molecule has 1 aromatic carbocycles. The van der Waals surface area contributed by atoms with Crippen LogP contribution in [-0.2, 0) is 20.8 Å². The maximum Gasteiger partial charge on any atom is 0.326 e. The standard InChI is InChI=1S/C21H33N3O4S/c1-4-29-11-10-16(22)19(25)23-17(12-14(2)3)20(26)24-18(21(27)28)13-15-8-6-5-7-9-15/h5-9,14,16-18H,4,10-13,22H2,1-3H3,(H,23,25)(H,24,26)(H,27,28)/t16-,17-,18-/m0/s1. The maximum absolute atomic E-state index is 12.8. The first kappa shape index (κ1) is 25.0. The van der Waals surface area contributed by atoms with Crippen molar-refractivity contribution in [3.05, 3.63) is 35.9 Å². The van der Waals surface area contributed by atoms with E-state index in [9.17, 15) is 19.5 Å². The summed E-state index contributed by atoms with van der Waals surface area (Å²) < 4.78 is 0. The number of carbonyl (C=O) groups is 3. The Morgan fingerprint density at radius 3 is 2.24 bits per heavy atom. The van der Waals surface area contributed by atoms with Crippen LogP contribution >= 0.6 is 11.8 Å². The number of thioether (sulfide) groups is 1. The third-order valence-electron chi connectivity index (χ3n) is 4.35. The van der Waals surface area contributed by atoms with Crippen LogP contribution in [-0.4, -0.2) is 52.5 Å². The Balaban J connectivity index is 2.77. The van der Waals surface area contributed by atoms with E-state index in [0.717, 1.165) is 17.1 Å². The van der Waals surface area contributed by atoms with Crippen LogP contribution in [0.3, 0.4) is 0 Å². The van der Waals surface area contributed by atoms with Crippen molar-refractivity contribution in [3.63, 3.8) is 0 Å². The van der Waals surface area contributed by atoms with Gasteiger partial charge in [-0.2, -0.15) is 11.8 Å². The Bertz CT molecular complexity index is 655. The Morgan fingerprint density at radius 1 is 1.07 bits per heavy atom. The SMILES string of the molecule is CCSCC[C@H](N)C(=O)N[C@@H](CC(C)C)C(=O)N[C@@H](Cc1ccccc1)C(=O)O. The van der Waals surface area contributed by atoms with Gasteiger partial charge in [-0.25, -0.2) is 4.79 Å². The maximum atomic E-state index is 12.8. The lowest BCUT2D eigenvalue weighted by Gasteiger charge is -2.24. The monoisotopic (exact) mass is 423 g/mol. The number of amides is 2. The van der Waals surface area contributed by atoms with Gasteiger partial charge in [0.25, 0.3) is 0 Å². The average molecular weight is 424 g/mol. The molecule has 2 amide bonds. The summed E-state index contributed by atoms with van der Waals surface area (Å²) in [6.45, 7) is 5.90. The van der Waals surface area contributed by atoms with E-state index in [0.29, 0.717) is 12.8 Å². The summed E-state index contributed by atoms with van der Waals surface area (Å²) in [6.07, 6.45) is 1.08. The Hall–Kier alpha value is -2.06. The van der Waals surface area contributed by atoms with Crippen LogP contribution in [0.2, 0.25) is 0 Å². The van der Waals surface area contributed by atoms with E-state index in [1.807, 2.05) is 51.1 Å². The normalized spacial score (nSPS) is 14.1. The minimum absolute atomic E-state index is 0.135. The lowest BCUT2D eigenvalue weighted by Crippen LogP contribution is -2.55. The number of aliphatic carboxylic acids is 1. The predicted octanol–water partition coefficient (Wildman–Crippen LogP) is 1.80. The van der Waals surface area contributed by atoms with Gasteiger partial charge in [0, 0.05) is 6.42 Å². The van der Waals surface area contributed by atoms with Gasteiger partial charge >= 0.3 is 5.97 Å². The van der Waals surface area contributed by atoms with E-state index >= 15 is 0 Å². The molecular formula is C21H33N3O4S. The van der Waals surface area contributed by atoms with Gasteiger partial charge in [0.2, 0.25) is 11.8 Å². The molecule has 0 aliphatic carbocycles. The molecule has 1 rings (SSSR count). The van der Waals surface area contributed by atoms with Gasteiger partial charge in [-0.3, -0.25) is 9.59 Å². The fourth-order valence-electron chi connectivity index (χ4n) is 2.79. The quantitative estimate of drug-likeness (QED) is 0.359. The van der Waals surface area contributed by atoms with E-state index in [-0.39, 0.29) is 12.3 Å². The molecule has 0 radical (unpaired) electrons. The minimum Gasteiger partial charge on any atom is -0.480 e. The molecule has 5 N–H and O–H groups in total. The number of hydrogen-bond acceptors (Lipinski definition) is 5.